The normalized spacial score (nSPS) is 21.6. The molecule has 0 aliphatic carbocycles. The maximum Gasteiger partial charge on any atom is 0.413 e. The number of ether oxygens (including phenoxy) is 1. The number of hydrogen-bond donors (Lipinski definition) is 1. The van der Waals surface area contributed by atoms with E-state index in [2.05, 4.69) is 10.3 Å². The molecule has 0 radical (unpaired) electrons. The molecule has 11 nitrogen and oxygen atoms in total. The lowest BCUT2D eigenvalue weighted by Crippen LogP contribution is -2.54. The molecule has 4 heterocycles. The van der Waals surface area contributed by atoms with Crippen molar-refractivity contribution in [1.82, 2.24) is 19.5 Å². The number of aromatic nitrogens is 1. The number of pyridine rings is 1. The monoisotopic (exact) mass is 504 g/mol. The van der Waals surface area contributed by atoms with Crippen LogP contribution in [-0.4, -0.2) is 71.6 Å². The topological polar surface area (TPSA) is 139 Å². The number of sulfonamides is 1. The van der Waals surface area contributed by atoms with Crippen molar-refractivity contribution in [2.24, 2.45) is 5.41 Å². The molecular weight excluding hydrogens is 476 g/mol. The minimum Gasteiger partial charge on any atom is -0.469 e. The Balaban J connectivity index is 1.53. The second-order valence-corrected chi connectivity index (χ2v) is 11.7. The van der Waals surface area contributed by atoms with Crippen LogP contribution < -0.4 is 10.1 Å². The van der Waals surface area contributed by atoms with E-state index in [-0.39, 0.29) is 41.4 Å². The van der Waals surface area contributed by atoms with Crippen molar-refractivity contribution in [3.8, 4) is 5.75 Å². The molecule has 2 aromatic heterocycles. The van der Waals surface area contributed by atoms with E-state index >= 15 is 0 Å². The Morgan fingerprint density at radius 3 is 2.71 bits per heavy atom. The van der Waals surface area contributed by atoms with Gasteiger partial charge in [-0.3, -0.25) is 14.6 Å². The van der Waals surface area contributed by atoms with Crippen LogP contribution in [0.1, 0.15) is 33.6 Å². The Labute approximate surface area is 203 Å². The molecule has 0 saturated carbocycles. The van der Waals surface area contributed by atoms with Gasteiger partial charge in [-0.25, -0.2) is 13.2 Å². The van der Waals surface area contributed by atoms with Gasteiger partial charge in [-0.15, -0.1) is 0 Å². The molecule has 1 N–H and O–H groups in total. The van der Waals surface area contributed by atoms with Gasteiger partial charge in [-0.1, -0.05) is 20.8 Å². The van der Waals surface area contributed by atoms with E-state index in [1.807, 2.05) is 20.8 Å². The number of rotatable bonds is 6. The van der Waals surface area contributed by atoms with Gasteiger partial charge >= 0.3 is 6.09 Å². The molecule has 12 heteroatoms. The standard InChI is InChI=1S/C23H28N4O7S/c1-23(2,3)11-17(25-22(30)34-15-7-10-33-14-15)21(29)26-9-6-18-20(26)19(28)13-27(18)35(31,32)16-5-4-8-24-12-16/h4-5,7-8,10,12,14,17-18,20H,6,9,11,13H2,1-3H3,(H,25,30). The first-order valence-corrected chi connectivity index (χ1v) is 12.7. The Kier molecular flexibility index (Phi) is 6.69. The van der Waals surface area contributed by atoms with E-state index in [1.54, 1.807) is 0 Å². The van der Waals surface area contributed by atoms with Gasteiger partial charge in [0.1, 0.15) is 23.2 Å². The summed E-state index contributed by atoms with van der Waals surface area (Å²) in [4.78, 5) is 44.2. The van der Waals surface area contributed by atoms with E-state index in [9.17, 15) is 22.8 Å². The number of ketones is 1. The number of nitrogens with one attached hydrogen (secondary N) is 1. The van der Waals surface area contributed by atoms with Crippen LogP contribution in [0.5, 0.6) is 5.75 Å². The summed E-state index contributed by atoms with van der Waals surface area (Å²) in [5.74, 6) is -0.623. The van der Waals surface area contributed by atoms with Crippen LogP contribution >= 0.6 is 0 Å². The Morgan fingerprint density at radius 1 is 1.31 bits per heavy atom. The summed E-state index contributed by atoms with van der Waals surface area (Å²) in [5, 5.41) is 2.61. The summed E-state index contributed by atoms with van der Waals surface area (Å²) in [6, 6.07) is 1.84. The molecule has 2 aliphatic rings. The molecule has 4 rings (SSSR count). The number of furan rings is 1. The molecule has 0 bridgehead atoms. The molecule has 2 fully saturated rings. The summed E-state index contributed by atoms with van der Waals surface area (Å²) < 4.78 is 37.5. The highest BCUT2D eigenvalue weighted by Crippen LogP contribution is 2.35. The van der Waals surface area contributed by atoms with Crippen LogP contribution in [-0.2, 0) is 19.6 Å². The first-order chi connectivity index (χ1) is 16.5. The quantitative estimate of drug-likeness (QED) is 0.628. The van der Waals surface area contributed by atoms with E-state index in [0.717, 1.165) is 4.31 Å². The Bertz CT molecular complexity index is 1190. The summed E-state index contributed by atoms with van der Waals surface area (Å²) in [5.41, 5.74) is -0.336. The van der Waals surface area contributed by atoms with Crippen molar-refractivity contribution in [3.63, 3.8) is 0 Å². The van der Waals surface area contributed by atoms with Crippen LogP contribution in [0, 0.1) is 5.41 Å². The number of amides is 2. The van der Waals surface area contributed by atoms with Crippen molar-refractivity contribution in [3.05, 3.63) is 43.1 Å². The molecule has 2 amide bonds. The van der Waals surface area contributed by atoms with Gasteiger partial charge < -0.3 is 19.4 Å². The van der Waals surface area contributed by atoms with Gasteiger partial charge in [-0.05, 0) is 30.4 Å². The lowest BCUT2D eigenvalue weighted by Gasteiger charge is -2.31. The molecule has 35 heavy (non-hydrogen) atoms. The molecule has 3 atom stereocenters. The summed E-state index contributed by atoms with van der Waals surface area (Å²) in [7, 11) is -3.96. The predicted octanol–water partition coefficient (Wildman–Crippen LogP) is 1.81. The minimum atomic E-state index is -3.96. The van der Waals surface area contributed by atoms with Crippen molar-refractivity contribution in [2.45, 2.75) is 56.6 Å². The Morgan fingerprint density at radius 2 is 2.09 bits per heavy atom. The van der Waals surface area contributed by atoms with Gasteiger partial charge in [0.2, 0.25) is 15.9 Å². The van der Waals surface area contributed by atoms with Crippen molar-refractivity contribution >= 4 is 27.8 Å². The first kappa shape index (κ1) is 24.9. The average molecular weight is 505 g/mol. The summed E-state index contributed by atoms with van der Waals surface area (Å²) in [6.07, 6.45) is 5.06. The molecule has 2 aliphatic heterocycles. The van der Waals surface area contributed by atoms with Gasteiger partial charge in [-0.2, -0.15) is 4.31 Å². The highest BCUT2D eigenvalue weighted by Gasteiger charge is 2.54. The Hall–Kier alpha value is -3.25. The van der Waals surface area contributed by atoms with Crippen LogP contribution in [0.3, 0.4) is 0 Å². The summed E-state index contributed by atoms with van der Waals surface area (Å²) in [6.45, 7) is 5.64. The fourth-order valence-electron chi connectivity index (χ4n) is 4.58. The molecule has 2 saturated heterocycles. The number of likely N-dealkylation sites (tertiary alicyclic amines) is 1. The molecular formula is C23H28N4O7S. The number of carbonyl (C=O) groups excluding carboxylic acids is 3. The smallest absolute Gasteiger partial charge is 0.413 e. The van der Waals surface area contributed by atoms with Crippen molar-refractivity contribution in [1.29, 1.82) is 0 Å². The third-order valence-electron chi connectivity index (χ3n) is 6.01. The van der Waals surface area contributed by atoms with Crippen LogP contribution in [0.4, 0.5) is 4.79 Å². The zero-order valence-electron chi connectivity index (χ0n) is 19.7. The maximum atomic E-state index is 13.6. The number of carbonyl (C=O) groups is 3. The van der Waals surface area contributed by atoms with Crippen LogP contribution in [0.15, 0.2) is 52.4 Å². The van der Waals surface area contributed by atoms with E-state index < -0.39 is 40.1 Å². The molecule has 0 spiro atoms. The first-order valence-electron chi connectivity index (χ1n) is 11.2. The fourth-order valence-corrected chi connectivity index (χ4v) is 6.17. The average Bonchev–Trinajstić information content (AvgIpc) is 3.51. The second-order valence-electron chi connectivity index (χ2n) is 9.85. The van der Waals surface area contributed by atoms with Gasteiger partial charge in [0.25, 0.3) is 0 Å². The van der Waals surface area contributed by atoms with Crippen LogP contribution in [0.2, 0.25) is 0 Å². The lowest BCUT2D eigenvalue weighted by atomic mass is 9.87. The maximum absolute atomic E-state index is 13.6. The van der Waals surface area contributed by atoms with Crippen molar-refractivity contribution in [2.75, 3.05) is 13.1 Å². The second kappa shape index (κ2) is 9.42. The molecule has 2 aromatic rings. The largest absolute Gasteiger partial charge is 0.469 e. The van der Waals surface area contributed by atoms with Gasteiger partial charge in [0.05, 0.1) is 18.8 Å². The zero-order valence-corrected chi connectivity index (χ0v) is 20.5. The number of hydrogen-bond acceptors (Lipinski definition) is 8. The van der Waals surface area contributed by atoms with Crippen LogP contribution in [0.25, 0.3) is 0 Å². The van der Waals surface area contributed by atoms with Crippen molar-refractivity contribution < 1.29 is 32.0 Å². The number of fused-ring (bicyclic) bond motifs is 1. The highest BCUT2D eigenvalue weighted by molar-refractivity contribution is 7.89. The predicted molar refractivity (Wildman–Crippen MR) is 123 cm³/mol. The lowest BCUT2D eigenvalue weighted by molar-refractivity contribution is -0.138. The van der Waals surface area contributed by atoms with E-state index in [1.165, 1.54) is 48.0 Å². The zero-order chi connectivity index (χ0) is 25.4. The number of Topliss-reactive ketones (excluding diaryl/α,β-unsaturated/α-hetero) is 1. The van der Waals surface area contributed by atoms with E-state index in [4.69, 9.17) is 9.15 Å². The third kappa shape index (κ3) is 5.22. The number of nitrogens with zero attached hydrogens (tertiary/aromatic N) is 3. The minimum absolute atomic E-state index is 0.00695. The fraction of sp³-hybridized carbons (Fsp3) is 0.478. The highest BCUT2D eigenvalue weighted by atomic mass is 32.2. The third-order valence-corrected chi connectivity index (χ3v) is 7.87. The van der Waals surface area contributed by atoms with Gasteiger partial charge in [0, 0.05) is 25.0 Å². The molecule has 3 unspecified atom stereocenters. The van der Waals surface area contributed by atoms with Gasteiger partial charge in [0.15, 0.2) is 11.5 Å². The molecule has 188 valence electrons. The molecule has 0 aromatic carbocycles. The SMILES string of the molecule is CC(C)(C)CC(NC(=O)Oc1ccoc1)C(=O)N1CCC2C1C(=O)CN2S(=O)(=O)c1cccnc1. The summed E-state index contributed by atoms with van der Waals surface area (Å²) >= 11 is 0. The van der Waals surface area contributed by atoms with E-state index in [0.29, 0.717) is 6.42 Å².